The molecule has 2 aliphatic heterocycles. The van der Waals surface area contributed by atoms with Crippen molar-refractivity contribution in [3.05, 3.63) is 59.1 Å². The number of H-pyrrole nitrogens is 1. The predicted octanol–water partition coefficient (Wildman–Crippen LogP) is 3.70. The minimum atomic E-state index is 0.171. The van der Waals surface area contributed by atoms with Crippen LogP contribution in [0.1, 0.15) is 17.0 Å². The number of aromatic amines is 1. The standard InChI is InChI=1S/C24H28N6O/c1-15-5-4-6-20(16(15)2)30-14-21(31)22(23(30)25)24-26-18-8-7-17(13-19(18)27-24)29-11-9-28(3)10-12-29/h4-8,13,25,31H,9-12,14H2,1-3H3,(H,26,27). The molecule has 7 heteroatoms. The van der Waals surface area contributed by atoms with E-state index in [1.165, 1.54) is 11.3 Å². The molecule has 0 atom stereocenters. The maximum atomic E-state index is 10.7. The zero-order valence-electron chi connectivity index (χ0n) is 18.2. The molecule has 3 aromatic rings. The molecule has 0 amide bonds. The van der Waals surface area contributed by atoms with Gasteiger partial charge in [0.25, 0.3) is 0 Å². The Morgan fingerprint density at radius 3 is 2.61 bits per heavy atom. The van der Waals surface area contributed by atoms with Gasteiger partial charge in [-0.05, 0) is 56.3 Å². The maximum Gasteiger partial charge on any atom is 0.145 e. The number of hydrogen-bond donors (Lipinski definition) is 3. The second-order valence-corrected chi connectivity index (χ2v) is 8.55. The Labute approximate surface area is 182 Å². The Morgan fingerprint density at radius 2 is 1.84 bits per heavy atom. The summed E-state index contributed by atoms with van der Waals surface area (Å²) >= 11 is 0. The Morgan fingerprint density at radius 1 is 1.06 bits per heavy atom. The van der Waals surface area contributed by atoms with Crippen LogP contribution in [0.4, 0.5) is 11.4 Å². The maximum absolute atomic E-state index is 10.7. The van der Waals surface area contributed by atoms with Crippen LogP contribution in [0.2, 0.25) is 0 Å². The molecule has 1 fully saturated rings. The summed E-state index contributed by atoms with van der Waals surface area (Å²) in [6, 6.07) is 12.3. The molecule has 160 valence electrons. The Bertz CT molecular complexity index is 1200. The minimum absolute atomic E-state index is 0.171. The lowest BCUT2D eigenvalue weighted by Crippen LogP contribution is -2.44. The summed E-state index contributed by atoms with van der Waals surface area (Å²) in [5.41, 5.74) is 6.63. The second kappa shape index (κ2) is 7.42. The van der Waals surface area contributed by atoms with Crippen LogP contribution < -0.4 is 9.80 Å². The molecule has 0 aliphatic carbocycles. The molecule has 3 heterocycles. The first kappa shape index (κ1) is 19.6. The topological polar surface area (TPSA) is 82.5 Å². The van der Waals surface area contributed by atoms with E-state index >= 15 is 0 Å². The molecule has 0 spiro atoms. The van der Waals surface area contributed by atoms with Gasteiger partial charge in [-0.2, -0.15) is 0 Å². The molecular formula is C24H28N6O. The van der Waals surface area contributed by atoms with Crippen LogP contribution in [0.3, 0.4) is 0 Å². The number of benzene rings is 2. The lowest BCUT2D eigenvalue weighted by molar-refractivity contribution is 0.313. The molecule has 31 heavy (non-hydrogen) atoms. The first-order valence-corrected chi connectivity index (χ1v) is 10.7. The third-order valence-electron chi connectivity index (χ3n) is 6.54. The molecule has 2 aliphatic rings. The fraction of sp³-hybridized carbons (Fsp3) is 0.333. The largest absolute Gasteiger partial charge is 0.509 e. The summed E-state index contributed by atoms with van der Waals surface area (Å²) in [7, 11) is 2.15. The van der Waals surface area contributed by atoms with Crippen LogP contribution in [-0.2, 0) is 0 Å². The number of imidazole rings is 1. The quantitative estimate of drug-likeness (QED) is 0.607. The van der Waals surface area contributed by atoms with Crippen LogP contribution in [0, 0.1) is 19.3 Å². The number of rotatable bonds is 3. The molecule has 2 aromatic carbocycles. The highest BCUT2D eigenvalue weighted by Crippen LogP contribution is 2.33. The van der Waals surface area contributed by atoms with E-state index in [1.54, 1.807) is 0 Å². The second-order valence-electron chi connectivity index (χ2n) is 8.55. The number of nitrogens with zero attached hydrogens (tertiary/aromatic N) is 4. The van der Waals surface area contributed by atoms with E-state index < -0.39 is 0 Å². The molecule has 0 saturated carbocycles. The predicted molar refractivity (Wildman–Crippen MR) is 126 cm³/mol. The summed E-state index contributed by atoms with van der Waals surface area (Å²) in [5, 5.41) is 19.5. The molecule has 5 rings (SSSR count). The number of aromatic nitrogens is 2. The lowest BCUT2D eigenvalue weighted by Gasteiger charge is -2.34. The Kier molecular flexibility index (Phi) is 4.70. The van der Waals surface area contributed by atoms with Crippen LogP contribution >= 0.6 is 0 Å². The summed E-state index contributed by atoms with van der Waals surface area (Å²) in [6.45, 7) is 8.51. The van der Waals surface area contributed by atoms with Crippen LogP contribution in [0.15, 0.2) is 42.2 Å². The van der Waals surface area contributed by atoms with Crippen molar-refractivity contribution >= 4 is 33.8 Å². The van der Waals surface area contributed by atoms with Crippen molar-refractivity contribution in [1.29, 1.82) is 5.41 Å². The van der Waals surface area contributed by atoms with Gasteiger partial charge in [0, 0.05) is 37.6 Å². The average Bonchev–Trinajstić information content (AvgIpc) is 3.29. The summed E-state index contributed by atoms with van der Waals surface area (Å²) in [6.07, 6.45) is 0. The summed E-state index contributed by atoms with van der Waals surface area (Å²) in [5.74, 6) is 0.981. The monoisotopic (exact) mass is 416 g/mol. The van der Waals surface area contributed by atoms with Gasteiger partial charge in [-0.1, -0.05) is 12.1 Å². The van der Waals surface area contributed by atoms with Crippen molar-refractivity contribution in [2.45, 2.75) is 13.8 Å². The number of amidine groups is 1. The van der Waals surface area contributed by atoms with Gasteiger partial charge in [0.05, 0.1) is 23.2 Å². The number of nitrogens with one attached hydrogen (secondary N) is 2. The van der Waals surface area contributed by atoms with E-state index in [1.807, 2.05) is 30.0 Å². The third kappa shape index (κ3) is 3.35. The van der Waals surface area contributed by atoms with Crippen LogP contribution in [-0.4, -0.2) is 65.6 Å². The number of anilines is 2. The zero-order chi connectivity index (χ0) is 21.7. The highest BCUT2D eigenvalue weighted by atomic mass is 16.3. The lowest BCUT2D eigenvalue weighted by atomic mass is 10.1. The SMILES string of the molecule is Cc1cccc(N2CC(O)=C(c3nc4ccc(N5CCN(C)CC5)cc4[nH]3)C2=N)c1C. The Hall–Kier alpha value is -3.32. The van der Waals surface area contributed by atoms with Crippen LogP contribution in [0.5, 0.6) is 0 Å². The number of aliphatic hydroxyl groups excluding tert-OH is 1. The summed E-state index contributed by atoms with van der Waals surface area (Å²) < 4.78 is 0. The highest BCUT2D eigenvalue weighted by Gasteiger charge is 2.32. The number of likely N-dealkylation sites (N-methyl/N-ethyl adjacent to an activating group) is 1. The van der Waals surface area contributed by atoms with Gasteiger partial charge in [-0.15, -0.1) is 0 Å². The number of hydrogen-bond acceptors (Lipinski definition) is 5. The van der Waals surface area contributed by atoms with E-state index in [4.69, 9.17) is 10.4 Å². The summed E-state index contributed by atoms with van der Waals surface area (Å²) in [4.78, 5) is 14.6. The fourth-order valence-electron chi connectivity index (χ4n) is 4.44. The fourth-order valence-corrected chi connectivity index (χ4v) is 4.44. The normalized spacial score (nSPS) is 18.0. The van der Waals surface area contributed by atoms with Gasteiger partial charge >= 0.3 is 0 Å². The van der Waals surface area contributed by atoms with Crippen molar-refractivity contribution in [2.75, 3.05) is 49.6 Å². The average molecular weight is 417 g/mol. The molecule has 7 nitrogen and oxygen atoms in total. The number of fused-ring (bicyclic) bond motifs is 1. The number of aliphatic hydroxyl groups is 1. The van der Waals surface area contributed by atoms with E-state index in [-0.39, 0.29) is 18.1 Å². The molecule has 1 aromatic heterocycles. The van der Waals surface area contributed by atoms with Crippen molar-refractivity contribution in [1.82, 2.24) is 14.9 Å². The number of aryl methyl sites for hydroxylation is 1. The van der Waals surface area contributed by atoms with Crippen molar-refractivity contribution in [3.63, 3.8) is 0 Å². The molecular weight excluding hydrogens is 388 g/mol. The van der Waals surface area contributed by atoms with E-state index in [0.717, 1.165) is 48.5 Å². The van der Waals surface area contributed by atoms with Crippen molar-refractivity contribution in [3.8, 4) is 0 Å². The smallest absolute Gasteiger partial charge is 0.145 e. The molecule has 3 N–H and O–H groups in total. The zero-order valence-corrected chi connectivity index (χ0v) is 18.2. The van der Waals surface area contributed by atoms with Gasteiger partial charge in [-0.25, -0.2) is 4.98 Å². The van der Waals surface area contributed by atoms with Gasteiger partial charge in [0.1, 0.15) is 17.4 Å². The van der Waals surface area contributed by atoms with Gasteiger partial charge in [-0.3, -0.25) is 5.41 Å². The first-order valence-electron chi connectivity index (χ1n) is 10.7. The van der Waals surface area contributed by atoms with Gasteiger partial charge in [0.15, 0.2) is 0 Å². The number of piperazine rings is 1. The van der Waals surface area contributed by atoms with E-state index in [0.29, 0.717) is 11.4 Å². The van der Waals surface area contributed by atoms with E-state index in [2.05, 4.69) is 47.0 Å². The molecule has 1 saturated heterocycles. The van der Waals surface area contributed by atoms with Crippen molar-refractivity contribution < 1.29 is 5.11 Å². The van der Waals surface area contributed by atoms with Gasteiger partial charge in [0.2, 0.25) is 0 Å². The van der Waals surface area contributed by atoms with Crippen molar-refractivity contribution in [2.24, 2.45) is 0 Å². The molecule has 0 bridgehead atoms. The minimum Gasteiger partial charge on any atom is -0.509 e. The first-order chi connectivity index (χ1) is 14.9. The highest BCUT2D eigenvalue weighted by molar-refractivity contribution is 6.30. The van der Waals surface area contributed by atoms with Crippen LogP contribution in [0.25, 0.3) is 16.6 Å². The van der Waals surface area contributed by atoms with E-state index in [9.17, 15) is 5.11 Å². The molecule has 0 unspecified atom stereocenters. The third-order valence-corrected chi connectivity index (χ3v) is 6.54. The van der Waals surface area contributed by atoms with Gasteiger partial charge < -0.3 is 24.8 Å². The molecule has 0 radical (unpaired) electrons. The Balaban J connectivity index is 1.45.